The summed E-state index contributed by atoms with van der Waals surface area (Å²) in [5.41, 5.74) is 13.1. The minimum Gasteiger partial charge on any atom is -0.355 e. The summed E-state index contributed by atoms with van der Waals surface area (Å²) in [5.74, 6) is 0. The van der Waals surface area contributed by atoms with Crippen molar-refractivity contribution in [2.75, 3.05) is 5.32 Å². The van der Waals surface area contributed by atoms with Crippen LogP contribution in [-0.4, -0.2) is 4.57 Å². The Balaban J connectivity index is 1.19. The molecule has 1 aromatic heterocycles. The number of fused-ring (bicyclic) bond motifs is 6. The molecule has 212 valence electrons. The van der Waals surface area contributed by atoms with E-state index in [1.807, 2.05) is 0 Å². The highest BCUT2D eigenvalue weighted by molar-refractivity contribution is 6.10. The van der Waals surface area contributed by atoms with Gasteiger partial charge in [-0.25, -0.2) is 0 Å². The number of nitrogens with zero attached hydrogens (tertiary/aromatic N) is 1. The van der Waals surface area contributed by atoms with Gasteiger partial charge in [0, 0.05) is 27.8 Å². The number of rotatable bonds is 5. The third-order valence-corrected chi connectivity index (χ3v) is 9.43. The molecule has 1 aliphatic carbocycles. The SMILES string of the molecule is c1ccc(-n2c3ccccc3c3cc(Nc4ccc5c(c4)-c4ccccc4C5(c4ccccc4)c4ccccc4)ccc32)cc1. The minimum absolute atomic E-state index is 0.384. The highest BCUT2D eigenvalue weighted by Crippen LogP contribution is 2.56. The first-order valence-electron chi connectivity index (χ1n) is 15.5. The van der Waals surface area contributed by atoms with Crippen molar-refractivity contribution in [2.45, 2.75) is 5.41 Å². The third-order valence-electron chi connectivity index (χ3n) is 9.43. The second-order valence-corrected chi connectivity index (χ2v) is 11.8. The maximum absolute atomic E-state index is 3.77. The van der Waals surface area contributed by atoms with Gasteiger partial charge in [0.25, 0.3) is 0 Å². The van der Waals surface area contributed by atoms with Crippen LogP contribution in [0.15, 0.2) is 176 Å². The van der Waals surface area contributed by atoms with Crippen LogP contribution in [0, 0.1) is 0 Å². The predicted molar refractivity (Wildman–Crippen MR) is 188 cm³/mol. The largest absolute Gasteiger partial charge is 0.355 e. The zero-order valence-corrected chi connectivity index (χ0v) is 24.7. The van der Waals surface area contributed by atoms with Crippen molar-refractivity contribution in [1.82, 2.24) is 4.57 Å². The molecule has 8 aromatic rings. The molecule has 0 unspecified atom stereocenters. The van der Waals surface area contributed by atoms with Crippen LogP contribution in [0.4, 0.5) is 11.4 Å². The van der Waals surface area contributed by atoms with Crippen molar-refractivity contribution in [1.29, 1.82) is 0 Å². The molecule has 1 N–H and O–H groups in total. The Hall–Kier alpha value is -5.86. The number of anilines is 2. The molecule has 1 heterocycles. The minimum atomic E-state index is -0.384. The van der Waals surface area contributed by atoms with E-state index in [2.05, 4.69) is 186 Å². The van der Waals surface area contributed by atoms with E-state index in [1.165, 1.54) is 60.9 Å². The fourth-order valence-corrected chi connectivity index (χ4v) is 7.60. The molecule has 9 rings (SSSR count). The lowest BCUT2D eigenvalue weighted by atomic mass is 9.68. The molecule has 1 aliphatic rings. The molecule has 2 heteroatoms. The molecule has 0 saturated heterocycles. The average Bonchev–Trinajstić information content (AvgIpc) is 3.60. The first kappa shape index (κ1) is 25.6. The molecule has 0 aliphatic heterocycles. The number of hydrogen-bond donors (Lipinski definition) is 1. The number of para-hydroxylation sites is 2. The topological polar surface area (TPSA) is 17.0 Å². The summed E-state index contributed by atoms with van der Waals surface area (Å²) in [6.07, 6.45) is 0. The van der Waals surface area contributed by atoms with E-state index in [1.54, 1.807) is 0 Å². The Morgan fingerprint density at radius 1 is 0.400 bits per heavy atom. The van der Waals surface area contributed by atoms with Crippen LogP contribution in [-0.2, 0) is 5.41 Å². The number of nitrogens with one attached hydrogen (secondary N) is 1. The van der Waals surface area contributed by atoms with Gasteiger partial charge in [0.2, 0.25) is 0 Å². The van der Waals surface area contributed by atoms with Gasteiger partial charge >= 0.3 is 0 Å². The summed E-state index contributed by atoms with van der Waals surface area (Å²) < 4.78 is 2.35. The van der Waals surface area contributed by atoms with E-state index in [4.69, 9.17) is 0 Å². The fourth-order valence-electron chi connectivity index (χ4n) is 7.60. The Morgan fingerprint density at radius 3 is 1.71 bits per heavy atom. The summed E-state index contributed by atoms with van der Waals surface area (Å²) in [4.78, 5) is 0. The molecular weight excluding hydrogens is 544 g/mol. The van der Waals surface area contributed by atoms with Crippen molar-refractivity contribution >= 4 is 33.2 Å². The van der Waals surface area contributed by atoms with E-state index in [9.17, 15) is 0 Å². The van der Waals surface area contributed by atoms with Gasteiger partial charge < -0.3 is 9.88 Å². The standard InChI is InChI=1S/C43H30N2/c1-4-14-30(15-5-1)43(31-16-6-2-7-17-31)39-22-12-10-20-35(39)37-28-32(24-26-40(37)43)44-33-25-27-42-38(29-33)36-21-11-13-23-41(36)45(42)34-18-8-3-9-19-34/h1-29,44H. The highest BCUT2D eigenvalue weighted by atomic mass is 15.0. The van der Waals surface area contributed by atoms with Crippen LogP contribution < -0.4 is 5.32 Å². The molecular formula is C43H30N2. The lowest BCUT2D eigenvalue weighted by Crippen LogP contribution is -2.28. The van der Waals surface area contributed by atoms with Gasteiger partial charge in [0.15, 0.2) is 0 Å². The van der Waals surface area contributed by atoms with Gasteiger partial charge in [-0.1, -0.05) is 127 Å². The van der Waals surface area contributed by atoms with Gasteiger partial charge in [-0.3, -0.25) is 0 Å². The Morgan fingerprint density at radius 2 is 0.956 bits per heavy atom. The lowest BCUT2D eigenvalue weighted by molar-refractivity contribution is 0.768. The van der Waals surface area contributed by atoms with Crippen molar-refractivity contribution in [3.63, 3.8) is 0 Å². The molecule has 0 saturated carbocycles. The van der Waals surface area contributed by atoms with E-state index >= 15 is 0 Å². The quantitative estimate of drug-likeness (QED) is 0.216. The Kier molecular flexibility index (Phi) is 5.76. The summed E-state index contributed by atoms with van der Waals surface area (Å²) in [6.45, 7) is 0. The van der Waals surface area contributed by atoms with Crippen LogP contribution in [0.3, 0.4) is 0 Å². The summed E-state index contributed by atoms with van der Waals surface area (Å²) in [5, 5.41) is 6.25. The molecule has 45 heavy (non-hydrogen) atoms. The zero-order chi connectivity index (χ0) is 29.8. The van der Waals surface area contributed by atoms with Crippen LogP contribution in [0.25, 0.3) is 38.6 Å². The predicted octanol–water partition coefficient (Wildman–Crippen LogP) is 10.9. The second-order valence-electron chi connectivity index (χ2n) is 11.8. The van der Waals surface area contributed by atoms with Crippen molar-refractivity contribution in [2.24, 2.45) is 0 Å². The third kappa shape index (κ3) is 3.82. The zero-order valence-electron chi connectivity index (χ0n) is 24.7. The van der Waals surface area contributed by atoms with Crippen molar-refractivity contribution in [3.8, 4) is 16.8 Å². The molecule has 0 radical (unpaired) electrons. The molecule has 0 bridgehead atoms. The molecule has 0 fully saturated rings. The molecule has 0 spiro atoms. The van der Waals surface area contributed by atoms with E-state index in [0.717, 1.165) is 11.4 Å². The van der Waals surface area contributed by atoms with Gasteiger partial charge in [0.05, 0.1) is 16.4 Å². The second kappa shape index (κ2) is 10.1. The van der Waals surface area contributed by atoms with Gasteiger partial charge in [-0.05, 0) is 81.9 Å². The number of aromatic nitrogens is 1. The first-order valence-corrected chi connectivity index (χ1v) is 15.5. The highest BCUT2D eigenvalue weighted by Gasteiger charge is 2.45. The van der Waals surface area contributed by atoms with Crippen LogP contribution in [0.1, 0.15) is 22.3 Å². The average molecular weight is 575 g/mol. The summed E-state index contributed by atoms with van der Waals surface area (Å²) in [7, 11) is 0. The first-order chi connectivity index (χ1) is 22.3. The van der Waals surface area contributed by atoms with E-state index in [-0.39, 0.29) is 5.41 Å². The maximum Gasteiger partial charge on any atom is 0.0713 e. The normalized spacial score (nSPS) is 13.1. The number of benzene rings is 7. The molecule has 2 nitrogen and oxygen atoms in total. The van der Waals surface area contributed by atoms with Crippen molar-refractivity contribution < 1.29 is 0 Å². The molecule has 0 amide bonds. The monoisotopic (exact) mass is 574 g/mol. The molecule has 7 aromatic carbocycles. The van der Waals surface area contributed by atoms with Crippen molar-refractivity contribution in [3.05, 3.63) is 198 Å². The van der Waals surface area contributed by atoms with E-state index < -0.39 is 0 Å². The fraction of sp³-hybridized carbons (Fsp3) is 0.0233. The van der Waals surface area contributed by atoms with Crippen LogP contribution >= 0.6 is 0 Å². The van der Waals surface area contributed by atoms with Crippen LogP contribution in [0.5, 0.6) is 0 Å². The lowest BCUT2D eigenvalue weighted by Gasteiger charge is -2.33. The summed E-state index contributed by atoms with van der Waals surface area (Å²) >= 11 is 0. The van der Waals surface area contributed by atoms with Gasteiger partial charge in [0.1, 0.15) is 0 Å². The van der Waals surface area contributed by atoms with Gasteiger partial charge in [-0.2, -0.15) is 0 Å². The van der Waals surface area contributed by atoms with Gasteiger partial charge in [-0.15, -0.1) is 0 Å². The number of hydrogen-bond acceptors (Lipinski definition) is 1. The van der Waals surface area contributed by atoms with Crippen LogP contribution in [0.2, 0.25) is 0 Å². The Labute approximate surface area is 262 Å². The van der Waals surface area contributed by atoms with E-state index in [0.29, 0.717) is 0 Å². The summed E-state index contributed by atoms with van der Waals surface area (Å²) in [6, 6.07) is 63.7. The molecule has 0 atom stereocenters. The Bertz CT molecular complexity index is 2290. The maximum atomic E-state index is 3.77. The smallest absolute Gasteiger partial charge is 0.0713 e.